The second kappa shape index (κ2) is 8.05. The molecule has 28 heavy (non-hydrogen) atoms. The van der Waals surface area contributed by atoms with Crippen LogP contribution in [-0.2, 0) is 16.0 Å². The molecule has 5 nitrogen and oxygen atoms in total. The number of carbonyl (C=O) groups excluding carboxylic acids is 2. The zero-order valence-corrected chi connectivity index (χ0v) is 16.2. The molecule has 2 aromatic carbocycles. The minimum absolute atomic E-state index is 0.0503. The summed E-state index contributed by atoms with van der Waals surface area (Å²) in [5, 5.41) is 2.88. The maximum atomic E-state index is 12.8. The summed E-state index contributed by atoms with van der Waals surface area (Å²) < 4.78 is 5.56. The number of anilines is 2. The number of fused-ring (bicyclic) bond motifs is 1. The number of nitrogens with zero attached hydrogens (tertiary/aromatic N) is 1. The number of ether oxygens (including phenoxy) is 1. The lowest BCUT2D eigenvalue weighted by molar-refractivity contribution is -0.122. The Bertz CT molecular complexity index is 887. The minimum atomic E-state index is -0.215. The van der Waals surface area contributed by atoms with Gasteiger partial charge in [-0.2, -0.15) is 0 Å². The van der Waals surface area contributed by atoms with Crippen LogP contribution in [0.3, 0.4) is 0 Å². The molecule has 0 saturated heterocycles. The number of benzene rings is 2. The SMILES string of the molecule is Cc1cccc(OCC(=O)Nc2ccc3c(c2)N(C(=O)C2CCCC2)CC3)c1. The Labute approximate surface area is 165 Å². The lowest BCUT2D eigenvalue weighted by Crippen LogP contribution is -2.33. The first-order valence-electron chi connectivity index (χ1n) is 10.0. The topological polar surface area (TPSA) is 58.6 Å². The second-order valence-electron chi connectivity index (χ2n) is 7.72. The summed E-state index contributed by atoms with van der Waals surface area (Å²) in [6.07, 6.45) is 5.16. The van der Waals surface area contributed by atoms with Crippen molar-refractivity contribution in [3.05, 3.63) is 53.6 Å². The van der Waals surface area contributed by atoms with E-state index < -0.39 is 0 Å². The molecule has 1 fully saturated rings. The number of hydrogen-bond donors (Lipinski definition) is 1. The van der Waals surface area contributed by atoms with Gasteiger partial charge in [0.2, 0.25) is 5.91 Å². The van der Waals surface area contributed by atoms with E-state index in [0.29, 0.717) is 11.4 Å². The number of aryl methyl sites for hydroxylation is 1. The van der Waals surface area contributed by atoms with Crippen LogP contribution in [0.5, 0.6) is 5.75 Å². The van der Waals surface area contributed by atoms with E-state index in [9.17, 15) is 9.59 Å². The van der Waals surface area contributed by atoms with Gasteiger partial charge in [-0.15, -0.1) is 0 Å². The van der Waals surface area contributed by atoms with Crippen LogP contribution in [-0.4, -0.2) is 25.0 Å². The second-order valence-corrected chi connectivity index (χ2v) is 7.72. The van der Waals surface area contributed by atoms with Crippen LogP contribution in [0, 0.1) is 12.8 Å². The average molecular weight is 378 g/mol. The first kappa shape index (κ1) is 18.5. The third-order valence-electron chi connectivity index (χ3n) is 5.59. The Morgan fingerprint density at radius 3 is 2.75 bits per heavy atom. The number of amides is 2. The Hall–Kier alpha value is -2.82. The van der Waals surface area contributed by atoms with E-state index >= 15 is 0 Å². The molecule has 2 amide bonds. The van der Waals surface area contributed by atoms with Gasteiger partial charge in [0.05, 0.1) is 0 Å². The smallest absolute Gasteiger partial charge is 0.262 e. The van der Waals surface area contributed by atoms with Crippen LogP contribution in [0.15, 0.2) is 42.5 Å². The van der Waals surface area contributed by atoms with Gasteiger partial charge in [-0.05, 0) is 61.6 Å². The van der Waals surface area contributed by atoms with Crippen LogP contribution in [0.2, 0.25) is 0 Å². The highest BCUT2D eigenvalue weighted by Crippen LogP contribution is 2.35. The highest BCUT2D eigenvalue weighted by Gasteiger charge is 2.31. The van der Waals surface area contributed by atoms with Gasteiger partial charge in [-0.25, -0.2) is 0 Å². The monoisotopic (exact) mass is 378 g/mol. The molecule has 0 bridgehead atoms. The molecule has 1 aliphatic carbocycles. The van der Waals surface area contributed by atoms with E-state index in [-0.39, 0.29) is 24.3 Å². The Kier molecular flexibility index (Phi) is 5.33. The summed E-state index contributed by atoms with van der Waals surface area (Å²) in [4.78, 5) is 27.0. The van der Waals surface area contributed by atoms with E-state index in [1.165, 1.54) is 5.56 Å². The molecule has 1 N–H and O–H groups in total. The van der Waals surface area contributed by atoms with E-state index in [1.54, 1.807) is 0 Å². The van der Waals surface area contributed by atoms with Crippen molar-refractivity contribution in [2.45, 2.75) is 39.0 Å². The van der Waals surface area contributed by atoms with E-state index in [4.69, 9.17) is 4.74 Å². The molecule has 2 aliphatic rings. The van der Waals surface area contributed by atoms with Crippen molar-refractivity contribution in [3.8, 4) is 5.75 Å². The van der Waals surface area contributed by atoms with Crippen molar-refractivity contribution in [1.29, 1.82) is 0 Å². The summed E-state index contributed by atoms with van der Waals surface area (Å²) in [7, 11) is 0. The molecular formula is C23H26N2O3. The lowest BCUT2D eigenvalue weighted by Gasteiger charge is -2.21. The zero-order valence-electron chi connectivity index (χ0n) is 16.2. The Morgan fingerprint density at radius 2 is 1.96 bits per heavy atom. The number of rotatable bonds is 5. The predicted molar refractivity (Wildman–Crippen MR) is 110 cm³/mol. The Balaban J connectivity index is 1.40. The van der Waals surface area contributed by atoms with Crippen LogP contribution in [0.4, 0.5) is 11.4 Å². The molecule has 2 aromatic rings. The number of carbonyl (C=O) groups is 2. The van der Waals surface area contributed by atoms with E-state index in [1.807, 2.05) is 54.3 Å². The van der Waals surface area contributed by atoms with Crippen molar-refractivity contribution < 1.29 is 14.3 Å². The Morgan fingerprint density at radius 1 is 1.14 bits per heavy atom. The van der Waals surface area contributed by atoms with Gasteiger partial charge < -0.3 is 15.0 Å². The first-order chi connectivity index (χ1) is 13.6. The van der Waals surface area contributed by atoms with Crippen molar-refractivity contribution >= 4 is 23.2 Å². The standard InChI is InChI=1S/C23H26N2O3/c1-16-5-4-8-20(13-16)28-15-22(26)24-19-10-9-17-11-12-25(21(17)14-19)23(27)18-6-2-3-7-18/h4-5,8-10,13-14,18H,2-3,6-7,11-12,15H2,1H3,(H,24,26). The van der Waals surface area contributed by atoms with Crippen molar-refractivity contribution in [2.75, 3.05) is 23.4 Å². The maximum absolute atomic E-state index is 12.8. The normalized spacial score (nSPS) is 16.1. The zero-order chi connectivity index (χ0) is 19.5. The molecule has 1 saturated carbocycles. The summed E-state index contributed by atoms with van der Waals surface area (Å²) in [6, 6.07) is 13.4. The van der Waals surface area contributed by atoms with Gasteiger partial charge in [0.15, 0.2) is 6.61 Å². The summed E-state index contributed by atoms with van der Waals surface area (Å²) in [6.45, 7) is 2.67. The first-order valence-corrected chi connectivity index (χ1v) is 10.0. The van der Waals surface area contributed by atoms with Gasteiger partial charge in [-0.1, -0.05) is 31.0 Å². The van der Waals surface area contributed by atoms with Crippen molar-refractivity contribution in [3.63, 3.8) is 0 Å². The average Bonchev–Trinajstić information content (AvgIpc) is 3.36. The number of nitrogens with one attached hydrogen (secondary N) is 1. The quantitative estimate of drug-likeness (QED) is 0.852. The van der Waals surface area contributed by atoms with Gasteiger partial charge >= 0.3 is 0 Å². The van der Waals surface area contributed by atoms with Crippen LogP contribution >= 0.6 is 0 Å². The summed E-state index contributed by atoms with van der Waals surface area (Å²) >= 11 is 0. The van der Waals surface area contributed by atoms with Gasteiger partial charge in [0.1, 0.15) is 5.75 Å². The van der Waals surface area contributed by atoms with Crippen LogP contribution < -0.4 is 15.0 Å². The van der Waals surface area contributed by atoms with Crippen LogP contribution in [0.1, 0.15) is 36.8 Å². The van der Waals surface area contributed by atoms with Gasteiger partial charge in [0.25, 0.3) is 5.91 Å². The summed E-state index contributed by atoms with van der Waals surface area (Å²) in [5.41, 5.74) is 3.89. The molecule has 0 unspecified atom stereocenters. The maximum Gasteiger partial charge on any atom is 0.262 e. The van der Waals surface area contributed by atoms with Crippen molar-refractivity contribution in [1.82, 2.24) is 0 Å². The van der Waals surface area contributed by atoms with Crippen molar-refractivity contribution in [2.24, 2.45) is 5.92 Å². The van der Waals surface area contributed by atoms with E-state index in [2.05, 4.69) is 5.32 Å². The molecule has 1 heterocycles. The number of hydrogen-bond acceptors (Lipinski definition) is 3. The summed E-state index contributed by atoms with van der Waals surface area (Å²) in [5.74, 6) is 0.861. The fourth-order valence-electron chi connectivity index (χ4n) is 4.13. The molecular weight excluding hydrogens is 352 g/mol. The highest BCUT2D eigenvalue weighted by atomic mass is 16.5. The molecule has 0 spiro atoms. The fraction of sp³-hybridized carbons (Fsp3) is 0.391. The largest absolute Gasteiger partial charge is 0.484 e. The molecule has 4 rings (SSSR count). The molecule has 0 atom stereocenters. The molecule has 0 radical (unpaired) electrons. The predicted octanol–water partition coefficient (Wildman–Crippen LogP) is 4.09. The molecule has 1 aliphatic heterocycles. The highest BCUT2D eigenvalue weighted by molar-refractivity contribution is 5.99. The van der Waals surface area contributed by atoms with Gasteiger partial charge in [0, 0.05) is 23.8 Å². The molecule has 5 heteroatoms. The molecule has 0 aromatic heterocycles. The van der Waals surface area contributed by atoms with Crippen LogP contribution in [0.25, 0.3) is 0 Å². The van der Waals surface area contributed by atoms with Gasteiger partial charge in [-0.3, -0.25) is 9.59 Å². The minimum Gasteiger partial charge on any atom is -0.484 e. The van der Waals surface area contributed by atoms with E-state index in [0.717, 1.165) is 49.9 Å². The fourth-order valence-corrected chi connectivity index (χ4v) is 4.13. The third-order valence-corrected chi connectivity index (χ3v) is 5.59. The lowest BCUT2D eigenvalue weighted by atomic mass is 10.1. The molecule has 146 valence electrons. The third kappa shape index (κ3) is 4.03.